The summed E-state index contributed by atoms with van der Waals surface area (Å²) in [6, 6.07) is 0. The SMILES string of the molecule is C(CP(C12CC3CC(CC(C3)C1)C2)C12CC3CC(CC(C3)C1)C2)CP(C12CC3CC(CC(C3)C1)C2)C12CC3CC(CC(C3)C1)C2.[Pd]. The van der Waals surface area contributed by atoms with E-state index in [1.807, 2.05) is 0 Å². The molecule has 0 saturated heterocycles. The van der Waals surface area contributed by atoms with Gasteiger partial charge in [-0.25, -0.2) is 0 Å². The molecule has 0 heterocycles. The van der Waals surface area contributed by atoms with Crippen molar-refractivity contribution in [2.24, 2.45) is 71.0 Å². The third-order valence-electron chi connectivity index (χ3n) is 19.1. The summed E-state index contributed by atoms with van der Waals surface area (Å²) in [6.45, 7) is 0. The largest absolute Gasteiger partial charge is 0.0939 e. The van der Waals surface area contributed by atoms with Gasteiger partial charge >= 0.3 is 0 Å². The summed E-state index contributed by atoms with van der Waals surface area (Å²) >= 11 is 0. The van der Waals surface area contributed by atoms with Crippen LogP contribution in [0.5, 0.6) is 0 Å². The molecule has 16 rings (SSSR count). The molecule has 0 N–H and O–H groups in total. The maximum absolute atomic E-state index is 1.77. The average molecular weight is 751 g/mol. The fraction of sp³-hybridized carbons (Fsp3) is 1.00. The van der Waals surface area contributed by atoms with Crippen LogP contribution in [-0.4, -0.2) is 32.9 Å². The summed E-state index contributed by atoms with van der Waals surface area (Å²) in [5.74, 6) is 13.9. The Hall–Kier alpha value is 1.52. The van der Waals surface area contributed by atoms with Gasteiger partial charge in [-0.2, -0.15) is 0 Å². The predicted octanol–water partition coefficient (Wildman–Crippen LogP) is 12.2. The van der Waals surface area contributed by atoms with Crippen LogP contribution < -0.4 is 0 Å². The minimum atomic E-state index is 0. The monoisotopic (exact) mass is 750 g/mol. The molecular formula is C43H66P2Pd. The molecule has 0 aromatic carbocycles. The van der Waals surface area contributed by atoms with E-state index in [2.05, 4.69) is 0 Å². The third kappa shape index (κ3) is 4.64. The minimum Gasteiger partial charge on any atom is -0.0939 e. The number of hydrogen-bond donors (Lipinski definition) is 0. The maximum Gasteiger partial charge on any atom is 0 e. The Kier molecular flexibility index (Phi) is 7.29. The van der Waals surface area contributed by atoms with Crippen molar-refractivity contribution in [3.8, 4) is 0 Å². The fourth-order valence-electron chi connectivity index (χ4n) is 19.9. The van der Waals surface area contributed by atoms with Gasteiger partial charge in [0.05, 0.1) is 0 Å². The van der Waals surface area contributed by atoms with Gasteiger partial charge in [-0.3, -0.25) is 0 Å². The van der Waals surface area contributed by atoms with Crippen LogP contribution in [0.15, 0.2) is 0 Å². The van der Waals surface area contributed by atoms with Gasteiger partial charge in [0, 0.05) is 20.4 Å². The second kappa shape index (κ2) is 10.8. The third-order valence-corrected chi connectivity index (χ3v) is 27.4. The molecule has 0 aliphatic heterocycles. The summed E-state index contributed by atoms with van der Waals surface area (Å²) in [5, 5.41) is 3.44. The normalized spacial score (nSPS) is 60.5. The average Bonchev–Trinajstić information content (AvgIpc) is 2.94. The molecule has 46 heavy (non-hydrogen) atoms. The van der Waals surface area contributed by atoms with Crippen molar-refractivity contribution in [1.82, 2.24) is 0 Å². The zero-order chi connectivity index (χ0) is 29.2. The van der Waals surface area contributed by atoms with Gasteiger partial charge in [-0.15, -0.1) is 0 Å². The summed E-state index contributed by atoms with van der Waals surface area (Å²) in [5.41, 5.74) is 0. The van der Waals surface area contributed by atoms with E-state index in [-0.39, 0.29) is 36.3 Å². The Morgan fingerprint density at radius 2 is 0.435 bits per heavy atom. The second-order valence-electron chi connectivity index (χ2n) is 22.2. The molecule has 3 heteroatoms. The van der Waals surface area contributed by atoms with Crippen molar-refractivity contribution in [1.29, 1.82) is 0 Å². The molecule has 0 nitrogen and oxygen atoms in total. The van der Waals surface area contributed by atoms with Gasteiger partial charge in [0.2, 0.25) is 0 Å². The molecule has 16 bridgehead atoms. The van der Waals surface area contributed by atoms with E-state index in [1.54, 1.807) is 173 Å². The van der Waals surface area contributed by atoms with E-state index in [1.165, 1.54) is 0 Å². The smallest absolute Gasteiger partial charge is 0 e. The molecule has 0 radical (unpaired) electrons. The summed E-state index contributed by atoms with van der Waals surface area (Å²) in [6.07, 6.45) is 45.9. The zero-order valence-electron chi connectivity index (χ0n) is 29.2. The minimum absolute atomic E-state index is 0. The summed E-state index contributed by atoms with van der Waals surface area (Å²) in [4.78, 5) is 0. The predicted molar refractivity (Wildman–Crippen MR) is 192 cm³/mol. The molecule has 16 fully saturated rings. The zero-order valence-corrected chi connectivity index (χ0v) is 32.6. The Balaban J connectivity index is 0.00000261. The van der Waals surface area contributed by atoms with E-state index in [4.69, 9.17) is 0 Å². The van der Waals surface area contributed by atoms with Crippen LogP contribution in [0.3, 0.4) is 0 Å². The Bertz CT molecular complexity index is 898. The maximum atomic E-state index is 1.77. The van der Waals surface area contributed by atoms with Crippen LogP contribution in [0.25, 0.3) is 0 Å². The van der Waals surface area contributed by atoms with E-state index in [0.29, 0.717) is 0 Å². The molecule has 0 spiro atoms. The van der Waals surface area contributed by atoms with Crippen molar-refractivity contribution >= 4 is 15.8 Å². The van der Waals surface area contributed by atoms with E-state index in [0.717, 1.165) is 91.6 Å². The Labute approximate surface area is 299 Å². The van der Waals surface area contributed by atoms with Crippen molar-refractivity contribution in [2.45, 2.75) is 181 Å². The van der Waals surface area contributed by atoms with Crippen LogP contribution in [0, 0.1) is 71.0 Å². The van der Waals surface area contributed by atoms with Gasteiger partial charge in [0.15, 0.2) is 0 Å². The van der Waals surface area contributed by atoms with E-state index in [9.17, 15) is 0 Å². The Morgan fingerprint density at radius 3 is 0.587 bits per heavy atom. The van der Waals surface area contributed by atoms with Crippen molar-refractivity contribution in [3.05, 3.63) is 0 Å². The second-order valence-corrected chi connectivity index (χ2v) is 28.6. The Morgan fingerprint density at radius 1 is 0.283 bits per heavy atom. The van der Waals surface area contributed by atoms with E-state index >= 15 is 0 Å². The van der Waals surface area contributed by atoms with Crippen molar-refractivity contribution < 1.29 is 20.4 Å². The standard InChI is InChI=1S/C43H66P2.Pd/c1(2-44(40-16-28-4-29(17-40)6-30(5-28)18-40)41-19-31-7-32(20-41)9-33(8-31)21-41)3-45(42-22-34-10-35(23-42)12-36(11-34)24-42)43-25-37-13-38(26-43)15-39(14-37)27-43;/h28-39H,1-27H2;. The first-order valence-electron chi connectivity index (χ1n) is 21.5. The van der Waals surface area contributed by atoms with Gasteiger partial charge in [-0.1, -0.05) is 15.8 Å². The molecule has 0 aromatic heterocycles. The van der Waals surface area contributed by atoms with E-state index < -0.39 is 0 Å². The van der Waals surface area contributed by atoms with Gasteiger partial charge in [-0.05, 0) is 264 Å². The molecular weight excluding hydrogens is 685 g/mol. The van der Waals surface area contributed by atoms with Crippen LogP contribution >= 0.6 is 15.8 Å². The fourth-order valence-corrected chi connectivity index (χ4v) is 30.8. The van der Waals surface area contributed by atoms with Crippen LogP contribution in [-0.2, 0) is 20.4 Å². The van der Waals surface area contributed by atoms with Crippen molar-refractivity contribution in [3.63, 3.8) is 0 Å². The first-order chi connectivity index (χ1) is 21.9. The quantitative estimate of drug-likeness (QED) is 0.171. The molecule has 16 saturated carbocycles. The molecule has 0 amide bonds. The molecule has 16 aliphatic rings. The van der Waals surface area contributed by atoms with Gasteiger partial charge in [0.25, 0.3) is 0 Å². The van der Waals surface area contributed by atoms with Gasteiger partial charge < -0.3 is 0 Å². The number of hydrogen-bond acceptors (Lipinski definition) is 0. The van der Waals surface area contributed by atoms with Crippen LogP contribution in [0.1, 0.15) is 161 Å². The topological polar surface area (TPSA) is 0 Å². The number of rotatable bonds is 8. The molecule has 0 aromatic rings. The summed E-state index contributed by atoms with van der Waals surface area (Å²) in [7, 11) is 0.409. The van der Waals surface area contributed by atoms with Crippen LogP contribution in [0.2, 0.25) is 0 Å². The molecule has 0 atom stereocenters. The summed E-state index contributed by atoms with van der Waals surface area (Å²) < 4.78 is 0. The van der Waals surface area contributed by atoms with Crippen molar-refractivity contribution in [2.75, 3.05) is 12.3 Å². The molecule has 0 unspecified atom stereocenters. The first-order valence-corrected chi connectivity index (χ1v) is 24.5. The molecule has 16 aliphatic carbocycles. The van der Waals surface area contributed by atoms with Crippen LogP contribution in [0.4, 0.5) is 0 Å². The molecule has 258 valence electrons. The van der Waals surface area contributed by atoms with Gasteiger partial charge in [0.1, 0.15) is 0 Å². The first kappa shape index (κ1) is 31.1.